The molecule has 2 N–H and O–H groups in total. The van der Waals surface area contributed by atoms with Crippen molar-refractivity contribution in [3.63, 3.8) is 0 Å². The van der Waals surface area contributed by atoms with Gasteiger partial charge in [-0.25, -0.2) is 0 Å². The Bertz CT molecular complexity index is 1140. The largest absolute Gasteiger partial charge is 0.350 e. The Morgan fingerprint density at radius 1 is 0.731 bits per heavy atom. The molecule has 2 amide bonds. The molecule has 0 aliphatic heterocycles. The van der Waals surface area contributed by atoms with E-state index in [4.69, 9.17) is 0 Å². The highest BCUT2D eigenvalue weighted by Crippen LogP contribution is 2.20. The average Bonchev–Trinajstić information content (AvgIpc) is 3.02. The molecule has 0 atom stereocenters. The smallest absolute Gasteiger partial charge is 0.271 e. The van der Waals surface area contributed by atoms with Gasteiger partial charge in [0.2, 0.25) is 0 Å². The summed E-state index contributed by atoms with van der Waals surface area (Å²) in [6, 6.07) is 20.8. The highest BCUT2D eigenvalue weighted by Gasteiger charge is 2.15. The van der Waals surface area contributed by atoms with E-state index >= 15 is 0 Å². The van der Waals surface area contributed by atoms with Crippen LogP contribution in [-0.4, -0.2) is 16.4 Å². The Hall–Kier alpha value is -3.60. The fourth-order valence-corrected chi connectivity index (χ4v) is 3.19. The van der Waals surface area contributed by atoms with Crippen molar-refractivity contribution in [3.8, 4) is 0 Å². The topological polar surface area (TPSA) is 63.1 Å². The van der Waals surface area contributed by atoms with Gasteiger partial charge in [-0.1, -0.05) is 54.6 Å². The number of hydrogen-bond acceptors (Lipinski definition) is 2. The molecule has 0 bridgehead atoms. The number of para-hydroxylation sites is 1. The average molecular weight is 343 g/mol. The molecule has 1 aromatic heterocycles. The molecule has 3 aromatic carbocycles. The van der Waals surface area contributed by atoms with Crippen LogP contribution in [0.4, 0.5) is 0 Å². The van der Waals surface area contributed by atoms with Crippen molar-refractivity contribution in [1.29, 1.82) is 0 Å². The zero-order chi connectivity index (χ0) is 18.1. The number of fused-ring (bicyclic) bond motifs is 2. The molecule has 0 spiro atoms. The molecule has 0 saturated heterocycles. The summed E-state index contributed by atoms with van der Waals surface area (Å²) in [5, 5.41) is 2.65. The molecule has 0 unspecified atom stereocenters. The van der Waals surface area contributed by atoms with Crippen molar-refractivity contribution in [2.75, 3.05) is 0 Å². The first-order valence-corrected chi connectivity index (χ1v) is 8.27. The highest BCUT2D eigenvalue weighted by atomic mass is 16.2. The van der Waals surface area contributed by atoms with Crippen LogP contribution in [0.15, 0.2) is 72.9 Å². The molecule has 0 fully saturated rings. The summed E-state index contributed by atoms with van der Waals surface area (Å²) in [5.74, 6) is -0.703. The predicted octanol–water partition coefficient (Wildman–Crippen LogP) is 3.41. The van der Waals surface area contributed by atoms with Gasteiger partial charge in [-0.05, 0) is 22.9 Å². The van der Waals surface area contributed by atoms with Gasteiger partial charge in [0.25, 0.3) is 11.8 Å². The van der Waals surface area contributed by atoms with Crippen LogP contribution < -0.4 is 10.9 Å². The molecular formula is C21H17N3O2. The zero-order valence-corrected chi connectivity index (χ0v) is 14.2. The van der Waals surface area contributed by atoms with Gasteiger partial charge >= 0.3 is 0 Å². The number of rotatable bonds is 2. The zero-order valence-electron chi connectivity index (χ0n) is 14.2. The second-order valence-electron chi connectivity index (χ2n) is 6.11. The minimum Gasteiger partial charge on any atom is -0.350 e. The second kappa shape index (κ2) is 6.37. The maximum Gasteiger partial charge on any atom is 0.271 e. The van der Waals surface area contributed by atoms with Gasteiger partial charge in [-0.2, -0.15) is 0 Å². The molecule has 5 heteroatoms. The van der Waals surface area contributed by atoms with E-state index in [0.29, 0.717) is 11.1 Å². The van der Waals surface area contributed by atoms with Crippen molar-refractivity contribution in [3.05, 3.63) is 84.1 Å². The Kier molecular flexibility index (Phi) is 3.89. The van der Waals surface area contributed by atoms with E-state index in [1.165, 1.54) is 0 Å². The first-order valence-electron chi connectivity index (χ1n) is 8.27. The minimum atomic E-state index is -0.351. The number of nitrogens with one attached hydrogen (secondary N) is 2. The number of hydrogen-bond donors (Lipinski definition) is 2. The third kappa shape index (κ3) is 2.69. The van der Waals surface area contributed by atoms with Crippen molar-refractivity contribution < 1.29 is 9.59 Å². The standard InChI is InChI=1S/C21H17N3O2/c1-24-13-18(16-10-4-5-12-19(16)24)21(26)23-22-20(25)17-11-6-8-14-7-2-3-9-15(14)17/h2-13H,1H3,(H,22,25)(H,23,26). The number of amides is 2. The summed E-state index contributed by atoms with van der Waals surface area (Å²) in [7, 11) is 1.88. The molecule has 5 nitrogen and oxygen atoms in total. The first-order chi connectivity index (χ1) is 12.6. The van der Waals surface area contributed by atoms with Crippen molar-refractivity contribution in [2.45, 2.75) is 0 Å². The lowest BCUT2D eigenvalue weighted by molar-refractivity contribution is 0.0848. The van der Waals surface area contributed by atoms with Crippen LogP contribution in [0, 0.1) is 0 Å². The van der Waals surface area contributed by atoms with E-state index < -0.39 is 0 Å². The Morgan fingerprint density at radius 2 is 1.35 bits per heavy atom. The highest BCUT2D eigenvalue weighted by molar-refractivity contribution is 6.10. The van der Waals surface area contributed by atoms with Gasteiger partial charge in [0, 0.05) is 29.7 Å². The number of carbonyl (C=O) groups is 2. The van der Waals surface area contributed by atoms with Crippen molar-refractivity contribution in [2.24, 2.45) is 7.05 Å². The lowest BCUT2D eigenvalue weighted by atomic mass is 10.0. The lowest BCUT2D eigenvalue weighted by Gasteiger charge is -2.09. The molecule has 4 aromatic rings. The third-order valence-electron chi connectivity index (χ3n) is 4.47. The van der Waals surface area contributed by atoms with Crippen LogP contribution >= 0.6 is 0 Å². The van der Waals surface area contributed by atoms with E-state index in [1.54, 1.807) is 12.3 Å². The first kappa shape index (κ1) is 15.9. The van der Waals surface area contributed by atoms with E-state index in [-0.39, 0.29) is 11.8 Å². The SMILES string of the molecule is Cn1cc(C(=O)NNC(=O)c2cccc3ccccc23)c2ccccc21. The van der Waals surface area contributed by atoms with Crippen LogP contribution in [0.2, 0.25) is 0 Å². The number of carbonyl (C=O) groups excluding carboxylic acids is 2. The minimum absolute atomic E-state index is 0.351. The summed E-state index contributed by atoms with van der Waals surface area (Å²) in [6.45, 7) is 0. The van der Waals surface area contributed by atoms with Crippen LogP contribution in [-0.2, 0) is 7.05 Å². The normalized spacial score (nSPS) is 10.8. The van der Waals surface area contributed by atoms with E-state index in [9.17, 15) is 9.59 Å². The summed E-state index contributed by atoms with van der Waals surface area (Å²) in [5.41, 5.74) is 7.02. The van der Waals surface area contributed by atoms with Crippen molar-refractivity contribution >= 4 is 33.5 Å². The van der Waals surface area contributed by atoms with Crippen LogP contribution in [0.3, 0.4) is 0 Å². The number of nitrogens with zero attached hydrogens (tertiary/aromatic N) is 1. The van der Waals surface area contributed by atoms with E-state index in [1.807, 2.05) is 72.3 Å². The second-order valence-corrected chi connectivity index (χ2v) is 6.11. The van der Waals surface area contributed by atoms with Crippen LogP contribution in [0.5, 0.6) is 0 Å². The van der Waals surface area contributed by atoms with Gasteiger partial charge < -0.3 is 4.57 Å². The quantitative estimate of drug-likeness (QED) is 0.548. The molecule has 128 valence electrons. The molecule has 0 aliphatic carbocycles. The summed E-state index contributed by atoms with van der Waals surface area (Å²) < 4.78 is 1.89. The van der Waals surface area contributed by atoms with Crippen LogP contribution in [0.1, 0.15) is 20.7 Å². The number of aromatic nitrogens is 1. The lowest BCUT2D eigenvalue weighted by Crippen LogP contribution is -2.41. The van der Waals surface area contributed by atoms with Gasteiger partial charge in [-0.3, -0.25) is 20.4 Å². The van der Waals surface area contributed by atoms with E-state index in [0.717, 1.165) is 21.7 Å². The predicted molar refractivity (Wildman–Crippen MR) is 102 cm³/mol. The van der Waals surface area contributed by atoms with Gasteiger partial charge in [-0.15, -0.1) is 0 Å². The molecule has 26 heavy (non-hydrogen) atoms. The Balaban J connectivity index is 1.56. The maximum absolute atomic E-state index is 12.5. The van der Waals surface area contributed by atoms with Gasteiger partial charge in [0.1, 0.15) is 0 Å². The summed E-state index contributed by atoms with van der Waals surface area (Å²) in [4.78, 5) is 25.1. The Morgan fingerprint density at radius 3 is 2.15 bits per heavy atom. The Labute approximate surface area is 150 Å². The third-order valence-corrected chi connectivity index (χ3v) is 4.47. The monoisotopic (exact) mass is 343 g/mol. The fraction of sp³-hybridized carbons (Fsp3) is 0.0476. The fourth-order valence-electron chi connectivity index (χ4n) is 3.19. The molecule has 4 rings (SSSR count). The number of hydrazine groups is 1. The number of benzene rings is 3. The molecule has 0 saturated carbocycles. The number of aryl methyl sites for hydroxylation is 1. The summed E-state index contributed by atoms with van der Waals surface area (Å²) >= 11 is 0. The van der Waals surface area contributed by atoms with E-state index in [2.05, 4.69) is 10.9 Å². The molecule has 1 heterocycles. The molecular weight excluding hydrogens is 326 g/mol. The molecule has 0 radical (unpaired) electrons. The van der Waals surface area contributed by atoms with Crippen LogP contribution in [0.25, 0.3) is 21.7 Å². The molecule has 0 aliphatic rings. The van der Waals surface area contributed by atoms with Gasteiger partial charge in [0.15, 0.2) is 0 Å². The van der Waals surface area contributed by atoms with Crippen molar-refractivity contribution in [1.82, 2.24) is 15.4 Å². The summed E-state index contributed by atoms with van der Waals surface area (Å²) in [6.07, 6.45) is 1.75. The maximum atomic E-state index is 12.5. The van der Waals surface area contributed by atoms with Gasteiger partial charge in [0.05, 0.1) is 5.56 Å².